The molecule has 1 aliphatic carbocycles. The van der Waals surface area contributed by atoms with Gasteiger partial charge in [0.2, 0.25) is 0 Å². The number of rotatable bonds is 3. The van der Waals surface area contributed by atoms with Gasteiger partial charge in [0.05, 0.1) is 0 Å². The summed E-state index contributed by atoms with van der Waals surface area (Å²) in [5.74, 6) is -0.916. The van der Waals surface area contributed by atoms with Crippen LogP contribution in [-0.4, -0.2) is 11.1 Å². The SMILES string of the molecule is CC/C(=C\C(=O)O)c1cc2c(cc1Cl)CCCC2. The third kappa shape index (κ3) is 2.75. The molecule has 0 bridgehead atoms. The molecule has 96 valence electrons. The van der Waals surface area contributed by atoms with Crippen LogP contribution in [-0.2, 0) is 17.6 Å². The lowest BCUT2D eigenvalue weighted by Gasteiger charge is -2.18. The Bertz CT molecular complexity index is 503. The predicted octanol–water partition coefficient (Wildman–Crippen LogP) is 4.10. The number of hydrogen-bond donors (Lipinski definition) is 1. The normalized spacial score (nSPS) is 15.3. The summed E-state index contributed by atoms with van der Waals surface area (Å²) in [6.07, 6.45) is 6.51. The van der Waals surface area contributed by atoms with Crippen LogP contribution >= 0.6 is 11.6 Å². The second-order valence-corrected chi connectivity index (χ2v) is 5.08. The number of carboxylic acid groups (broad SMARTS) is 1. The van der Waals surface area contributed by atoms with E-state index in [9.17, 15) is 4.79 Å². The van der Waals surface area contributed by atoms with Crippen LogP contribution in [0.1, 0.15) is 42.9 Å². The summed E-state index contributed by atoms with van der Waals surface area (Å²) in [7, 11) is 0. The molecule has 1 aromatic carbocycles. The number of carboxylic acids is 1. The van der Waals surface area contributed by atoms with E-state index in [0.717, 1.165) is 24.0 Å². The van der Waals surface area contributed by atoms with Crippen molar-refractivity contribution in [3.63, 3.8) is 0 Å². The van der Waals surface area contributed by atoms with E-state index in [2.05, 4.69) is 6.07 Å². The van der Waals surface area contributed by atoms with Crippen LogP contribution in [0.15, 0.2) is 18.2 Å². The standard InChI is InChI=1S/C15H17ClO2/c1-2-10(9-15(17)18)13-7-11-5-3-4-6-12(11)8-14(13)16/h7-9H,2-6H2,1H3,(H,17,18)/b10-9+. The number of benzene rings is 1. The van der Waals surface area contributed by atoms with Gasteiger partial charge in [-0.15, -0.1) is 0 Å². The molecule has 0 saturated heterocycles. The summed E-state index contributed by atoms with van der Waals surface area (Å²) < 4.78 is 0. The maximum atomic E-state index is 10.8. The summed E-state index contributed by atoms with van der Waals surface area (Å²) in [4.78, 5) is 10.8. The molecular weight excluding hydrogens is 248 g/mol. The number of allylic oxidation sites excluding steroid dienone is 1. The van der Waals surface area contributed by atoms with Crippen LogP contribution in [0.25, 0.3) is 5.57 Å². The van der Waals surface area contributed by atoms with Gasteiger partial charge in [0, 0.05) is 11.1 Å². The average Bonchev–Trinajstić information content (AvgIpc) is 2.35. The van der Waals surface area contributed by atoms with Gasteiger partial charge in [-0.3, -0.25) is 0 Å². The van der Waals surface area contributed by atoms with Crippen LogP contribution in [0.4, 0.5) is 0 Å². The van der Waals surface area contributed by atoms with Crippen LogP contribution < -0.4 is 0 Å². The zero-order valence-corrected chi connectivity index (χ0v) is 11.3. The average molecular weight is 265 g/mol. The first-order chi connectivity index (χ1) is 8.61. The second kappa shape index (κ2) is 5.57. The Morgan fingerprint density at radius 1 is 1.33 bits per heavy atom. The van der Waals surface area contributed by atoms with E-state index in [1.54, 1.807) is 0 Å². The van der Waals surface area contributed by atoms with E-state index < -0.39 is 5.97 Å². The Balaban J connectivity index is 2.47. The maximum Gasteiger partial charge on any atom is 0.328 e. The minimum Gasteiger partial charge on any atom is -0.478 e. The van der Waals surface area contributed by atoms with E-state index >= 15 is 0 Å². The summed E-state index contributed by atoms with van der Waals surface area (Å²) in [5.41, 5.74) is 4.31. The van der Waals surface area contributed by atoms with Crippen molar-refractivity contribution in [1.82, 2.24) is 0 Å². The van der Waals surface area contributed by atoms with E-state index in [1.807, 2.05) is 13.0 Å². The van der Waals surface area contributed by atoms with Gasteiger partial charge in [-0.2, -0.15) is 0 Å². The molecule has 2 nitrogen and oxygen atoms in total. The first-order valence-electron chi connectivity index (χ1n) is 6.37. The second-order valence-electron chi connectivity index (χ2n) is 4.67. The fourth-order valence-corrected chi connectivity index (χ4v) is 2.83. The van der Waals surface area contributed by atoms with Crippen LogP contribution in [0, 0.1) is 0 Å². The third-order valence-corrected chi connectivity index (χ3v) is 3.77. The quantitative estimate of drug-likeness (QED) is 0.835. The molecule has 3 heteroatoms. The van der Waals surface area contributed by atoms with Crippen molar-refractivity contribution >= 4 is 23.1 Å². The number of aryl methyl sites for hydroxylation is 2. The third-order valence-electron chi connectivity index (χ3n) is 3.46. The Kier molecular flexibility index (Phi) is 4.07. The van der Waals surface area contributed by atoms with Gasteiger partial charge in [-0.25, -0.2) is 4.79 Å². The molecule has 0 aliphatic heterocycles. The van der Waals surface area contributed by atoms with Gasteiger partial charge in [-0.1, -0.05) is 18.5 Å². The topological polar surface area (TPSA) is 37.3 Å². The Morgan fingerprint density at radius 3 is 2.50 bits per heavy atom. The molecule has 0 fully saturated rings. The molecule has 1 aromatic rings. The molecule has 0 unspecified atom stereocenters. The summed E-state index contributed by atoms with van der Waals surface area (Å²) in [6, 6.07) is 4.09. The van der Waals surface area contributed by atoms with Crippen molar-refractivity contribution in [2.45, 2.75) is 39.0 Å². The lowest BCUT2D eigenvalue weighted by atomic mass is 9.88. The van der Waals surface area contributed by atoms with E-state index in [0.29, 0.717) is 11.4 Å². The predicted molar refractivity (Wildman–Crippen MR) is 74.0 cm³/mol. The highest BCUT2D eigenvalue weighted by Gasteiger charge is 2.14. The number of hydrogen-bond acceptors (Lipinski definition) is 1. The molecule has 0 saturated carbocycles. The first-order valence-corrected chi connectivity index (χ1v) is 6.74. The number of fused-ring (bicyclic) bond motifs is 1. The monoisotopic (exact) mass is 264 g/mol. The minimum atomic E-state index is -0.916. The van der Waals surface area contributed by atoms with Crippen LogP contribution in [0.2, 0.25) is 5.02 Å². The minimum absolute atomic E-state index is 0.671. The van der Waals surface area contributed by atoms with Crippen molar-refractivity contribution in [1.29, 1.82) is 0 Å². The van der Waals surface area contributed by atoms with Crippen molar-refractivity contribution < 1.29 is 9.90 Å². The van der Waals surface area contributed by atoms with E-state index in [4.69, 9.17) is 16.7 Å². The van der Waals surface area contributed by atoms with E-state index in [1.165, 1.54) is 30.0 Å². The zero-order valence-electron chi connectivity index (χ0n) is 10.5. The van der Waals surface area contributed by atoms with Gasteiger partial charge in [-0.05, 0) is 66.5 Å². The molecule has 2 rings (SSSR count). The molecule has 0 spiro atoms. The molecule has 0 atom stereocenters. The highest BCUT2D eigenvalue weighted by molar-refractivity contribution is 6.32. The lowest BCUT2D eigenvalue weighted by Crippen LogP contribution is -2.04. The molecule has 0 heterocycles. The molecule has 1 aliphatic rings. The lowest BCUT2D eigenvalue weighted by molar-refractivity contribution is -0.131. The summed E-state index contributed by atoms with van der Waals surface area (Å²) >= 11 is 6.28. The largest absolute Gasteiger partial charge is 0.478 e. The number of halogens is 1. The molecule has 0 amide bonds. The smallest absolute Gasteiger partial charge is 0.328 e. The van der Waals surface area contributed by atoms with Crippen molar-refractivity contribution in [2.24, 2.45) is 0 Å². The van der Waals surface area contributed by atoms with Gasteiger partial charge >= 0.3 is 5.97 Å². The van der Waals surface area contributed by atoms with Crippen molar-refractivity contribution in [2.75, 3.05) is 0 Å². The highest BCUT2D eigenvalue weighted by Crippen LogP contribution is 2.32. The summed E-state index contributed by atoms with van der Waals surface area (Å²) in [6.45, 7) is 1.95. The number of carbonyl (C=O) groups is 1. The fourth-order valence-electron chi connectivity index (χ4n) is 2.52. The zero-order chi connectivity index (χ0) is 13.1. The van der Waals surface area contributed by atoms with E-state index in [-0.39, 0.29) is 0 Å². The highest BCUT2D eigenvalue weighted by atomic mass is 35.5. The molecular formula is C15H17ClO2. The molecule has 0 radical (unpaired) electrons. The Morgan fingerprint density at radius 2 is 1.94 bits per heavy atom. The van der Waals surface area contributed by atoms with Crippen LogP contribution in [0.5, 0.6) is 0 Å². The van der Waals surface area contributed by atoms with Crippen LogP contribution in [0.3, 0.4) is 0 Å². The first kappa shape index (κ1) is 13.2. The van der Waals surface area contributed by atoms with Gasteiger partial charge in [0.25, 0.3) is 0 Å². The summed E-state index contributed by atoms with van der Waals surface area (Å²) in [5, 5.41) is 9.56. The van der Waals surface area contributed by atoms with Gasteiger partial charge < -0.3 is 5.11 Å². The number of aliphatic carboxylic acids is 1. The van der Waals surface area contributed by atoms with Gasteiger partial charge in [0.15, 0.2) is 0 Å². The fraction of sp³-hybridized carbons (Fsp3) is 0.400. The molecule has 1 N–H and O–H groups in total. The van der Waals surface area contributed by atoms with Gasteiger partial charge in [0.1, 0.15) is 0 Å². The molecule has 18 heavy (non-hydrogen) atoms. The maximum absolute atomic E-state index is 10.8. The van der Waals surface area contributed by atoms with Crippen molar-refractivity contribution in [3.8, 4) is 0 Å². The Hall–Kier alpha value is -1.28. The Labute approximate surface area is 112 Å². The van der Waals surface area contributed by atoms with Crippen molar-refractivity contribution in [3.05, 3.63) is 39.9 Å². The molecule has 0 aromatic heterocycles.